The van der Waals surface area contributed by atoms with Gasteiger partial charge in [0.15, 0.2) is 0 Å². The van der Waals surface area contributed by atoms with Crippen LogP contribution in [-0.2, 0) is 4.79 Å². The number of aryl methyl sites for hydroxylation is 1. The molecule has 0 unspecified atom stereocenters. The van der Waals surface area contributed by atoms with Crippen LogP contribution in [0.15, 0.2) is 30.3 Å². The van der Waals surface area contributed by atoms with Crippen molar-refractivity contribution in [2.45, 2.75) is 39.7 Å². The van der Waals surface area contributed by atoms with Crippen LogP contribution in [0.3, 0.4) is 0 Å². The van der Waals surface area contributed by atoms with Crippen LogP contribution in [0.2, 0.25) is 0 Å². The van der Waals surface area contributed by atoms with Gasteiger partial charge in [-0.05, 0) is 6.92 Å². The predicted octanol–water partition coefficient (Wildman–Crippen LogP) is 0.795. The van der Waals surface area contributed by atoms with Gasteiger partial charge in [0.25, 0.3) is 0 Å². The van der Waals surface area contributed by atoms with Gasteiger partial charge in [-0.15, -0.1) is 0 Å². The van der Waals surface area contributed by atoms with E-state index in [2.05, 4.69) is 19.1 Å². The topological polar surface area (TPSA) is 40.9 Å². The summed E-state index contributed by atoms with van der Waals surface area (Å²) in [6, 6.07) is 10.3. The normalized spacial score (nSPS) is 9.56. The Balaban J connectivity index is 0. The number of hydrogen-bond donors (Lipinski definition) is 0. The Morgan fingerprint density at radius 2 is 1.69 bits per heavy atom. The first-order valence-electron chi connectivity index (χ1n) is 5.18. The molecule has 0 atom stereocenters. The minimum Gasteiger partial charge on any atom is -0.666 e. The fraction of sp³-hybridized carbons (Fsp3) is 0.462. The third-order valence-corrected chi connectivity index (χ3v) is 1.96. The molecule has 0 aliphatic heterocycles. The molecular formula is C13H20KNO. The summed E-state index contributed by atoms with van der Waals surface area (Å²) in [4.78, 5) is 10.6. The fourth-order valence-corrected chi connectivity index (χ4v) is 0.976. The van der Waals surface area contributed by atoms with Crippen LogP contribution >= 0.6 is 0 Å². The quantitative estimate of drug-likeness (QED) is 0.710. The molecule has 1 rings (SSSR count). The summed E-state index contributed by atoms with van der Waals surface area (Å²) < 4.78 is 0. The van der Waals surface area contributed by atoms with Crippen molar-refractivity contribution < 1.29 is 56.2 Å². The molecule has 0 fully saturated rings. The monoisotopic (exact) mass is 245 g/mol. The maximum absolute atomic E-state index is 10.6. The van der Waals surface area contributed by atoms with Crippen molar-refractivity contribution in [2.75, 3.05) is 0 Å². The molecule has 84 valence electrons. The number of Topliss-reactive ketones (excluding diaryl/α,β-unsaturated/α-hetero) is 1. The van der Waals surface area contributed by atoms with Crippen LogP contribution in [0.4, 0.5) is 0 Å². The van der Waals surface area contributed by atoms with Gasteiger partial charge in [-0.2, -0.15) is 0 Å². The van der Waals surface area contributed by atoms with E-state index in [1.54, 1.807) is 20.8 Å². The molecule has 0 saturated heterocycles. The molecule has 0 aliphatic carbocycles. The third-order valence-electron chi connectivity index (χ3n) is 1.96. The third kappa shape index (κ3) is 9.69. The molecule has 1 aromatic rings. The second-order valence-corrected chi connectivity index (χ2v) is 4.06. The van der Waals surface area contributed by atoms with E-state index in [4.69, 9.17) is 5.73 Å². The number of nitrogens with one attached hydrogen (secondary N) is 1. The minimum atomic E-state index is -0.880. The summed E-state index contributed by atoms with van der Waals surface area (Å²) in [7, 11) is 0. The molecule has 2 nitrogen and oxygen atoms in total. The van der Waals surface area contributed by atoms with Crippen molar-refractivity contribution in [1.82, 2.24) is 0 Å². The average Bonchev–Trinajstić information content (AvgIpc) is 2.17. The zero-order chi connectivity index (χ0) is 11.9. The van der Waals surface area contributed by atoms with Crippen molar-refractivity contribution in [3.63, 3.8) is 0 Å². The second-order valence-electron chi connectivity index (χ2n) is 4.06. The first kappa shape index (κ1) is 18.8. The Morgan fingerprint density at radius 3 is 1.81 bits per heavy atom. The van der Waals surface area contributed by atoms with E-state index in [9.17, 15) is 4.79 Å². The van der Waals surface area contributed by atoms with Gasteiger partial charge in [-0.3, -0.25) is 0 Å². The van der Waals surface area contributed by atoms with Gasteiger partial charge in [-0.25, -0.2) is 0 Å². The van der Waals surface area contributed by atoms with E-state index in [0.717, 1.165) is 0 Å². The van der Waals surface area contributed by atoms with E-state index in [-0.39, 0.29) is 57.2 Å². The van der Waals surface area contributed by atoms with Crippen molar-refractivity contribution in [3.05, 3.63) is 41.6 Å². The molecular weight excluding hydrogens is 225 g/mol. The largest absolute Gasteiger partial charge is 1.00 e. The second kappa shape index (κ2) is 9.51. The number of carbonyl (C=O) groups excluding carboxylic acids is 1. The van der Waals surface area contributed by atoms with Crippen LogP contribution in [0.1, 0.15) is 32.8 Å². The standard InChI is InChI=1S/C7H8.C6H12NO.K/c1-7-5-3-2-4-6-7;1-4-5(8)6(2,3)7;/h2-6H,1H3;7H,4H2,1-3H3;/q;-1;+1. The van der Waals surface area contributed by atoms with E-state index in [1.165, 1.54) is 5.56 Å². The zero-order valence-corrected chi connectivity index (χ0v) is 14.1. The van der Waals surface area contributed by atoms with Crippen LogP contribution in [0.25, 0.3) is 5.73 Å². The van der Waals surface area contributed by atoms with E-state index in [1.807, 2.05) is 18.2 Å². The SMILES string of the molecule is CCC(=O)C(C)(C)[NH-].Cc1ccccc1.[K+]. The van der Waals surface area contributed by atoms with Gasteiger partial charge in [0.1, 0.15) is 5.78 Å². The number of hydrogen-bond acceptors (Lipinski definition) is 1. The summed E-state index contributed by atoms with van der Waals surface area (Å²) in [5, 5.41) is 0. The molecule has 0 aliphatic rings. The molecule has 1 N–H and O–H groups in total. The van der Waals surface area contributed by atoms with Gasteiger partial charge >= 0.3 is 51.4 Å². The van der Waals surface area contributed by atoms with Gasteiger partial charge in [0.2, 0.25) is 0 Å². The molecule has 0 spiro atoms. The Kier molecular flexibility index (Phi) is 11.2. The van der Waals surface area contributed by atoms with Gasteiger partial charge in [-0.1, -0.05) is 62.2 Å². The Morgan fingerprint density at radius 1 is 1.25 bits per heavy atom. The molecule has 3 heteroatoms. The van der Waals surface area contributed by atoms with Crippen LogP contribution in [0, 0.1) is 6.92 Å². The molecule has 0 heterocycles. The molecule has 0 amide bonds. The van der Waals surface area contributed by atoms with Crippen molar-refractivity contribution in [3.8, 4) is 0 Å². The van der Waals surface area contributed by atoms with Crippen molar-refractivity contribution in [1.29, 1.82) is 0 Å². The molecule has 0 saturated carbocycles. The smallest absolute Gasteiger partial charge is 0.666 e. The average molecular weight is 245 g/mol. The predicted molar refractivity (Wildman–Crippen MR) is 64.9 cm³/mol. The first-order chi connectivity index (χ1) is 6.88. The van der Waals surface area contributed by atoms with Crippen LogP contribution in [-0.4, -0.2) is 11.3 Å². The number of rotatable bonds is 2. The van der Waals surface area contributed by atoms with Gasteiger partial charge in [0, 0.05) is 6.42 Å². The number of benzene rings is 1. The van der Waals surface area contributed by atoms with E-state index < -0.39 is 5.54 Å². The van der Waals surface area contributed by atoms with Crippen LogP contribution in [0.5, 0.6) is 0 Å². The van der Waals surface area contributed by atoms with E-state index in [0.29, 0.717) is 6.42 Å². The van der Waals surface area contributed by atoms with Crippen molar-refractivity contribution in [2.24, 2.45) is 0 Å². The maximum atomic E-state index is 10.6. The first-order valence-corrected chi connectivity index (χ1v) is 5.18. The molecule has 0 bridgehead atoms. The fourth-order valence-electron chi connectivity index (χ4n) is 0.976. The Bertz CT molecular complexity index is 291. The van der Waals surface area contributed by atoms with Gasteiger partial charge in [0.05, 0.1) is 0 Å². The molecule has 0 aromatic heterocycles. The Hall–Kier alpha value is 0.486. The molecule has 0 radical (unpaired) electrons. The van der Waals surface area contributed by atoms with Gasteiger partial charge < -0.3 is 10.5 Å². The minimum absolute atomic E-state index is 0. The summed E-state index contributed by atoms with van der Waals surface area (Å²) in [6.07, 6.45) is 0.469. The summed E-state index contributed by atoms with van der Waals surface area (Å²) >= 11 is 0. The van der Waals surface area contributed by atoms with E-state index >= 15 is 0 Å². The summed E-state index contributed by atoms with van der Waals surface area (Å²) in [5.41, 5.74) is 7.63. The zero-order valence-electron chi connectivity index (χ0n) is 11.0. The number of carbonyl (C=O) groups is 1. The summed E-state index contributed by atoms with van der Waals surface area (Å²) in [6.45, 7) is 7.08. The summed E-state index contributed by atoms with van der Waals surface area (Å²) in [5.74, 6) is -0.00231. The number of ketones is 1. The maximum Gasteiger partial charge on any atom is 1.00 e. The van der Waals surface area contributed by atoms with Crippen LogP contribution < -0.4 is 51.4 Å². The van der Waals surface area contributed by atoms with Crippen molar-refractivity contribution >= 4 is 5.78 Å². The Labute approximate surface area is 141 Å². The molecule has 16 heavy (non-hydrogen) atoms. The molecule has 1 aromatic carbocycles.